The van der Waals surface area contributed by atoms with Crippen molar-refractivity contribution in [1.29, 1.82) is 0 Å². The van der Waals surface area contributed by atoms with Crippen molar-refractivity contribution >= 4 is 26.0 Å². The molecule has 0 saturated heterocycles. The lowest BCUT2D eigenvalue weighted by atomic mass is 10.0. The smallest absolute Gasteiger partial charge is 0.297 e. The second kappa shape index (κ2) is 13.8. The quantitative estimate of drug-likeness (QED) is 0.109. The summed E-state index contributed by atoms with van der Waals surface area (Å²) in [5.41, 5.74) is 2.75. The summed E-state index contributed by atoms with van der Waals surface area (Å²) in [6.45, 7) is 3.40. The normalized spacial score (nSPS) is 11.7. The Hall–Kier alpha value is -4.03. The molecule has 0 bridgehead atoms. The summed E-state index contributed by atoms with van der Waals surface area (Å²) >= 11 is 0. The number of aryl methyl sites for hydroxylation is 2. The maximum atomic E-state index is 12.9. The van der Waals surface area contributed by atoms with Crippen LogP contribution in [0.25, 0.3) is 0 Å². The van der Waals surface area contributed by atoms with E-state index in [-0.39, 0.29) is 42.0 Å². The highest BCUT2D eigenvalue weighted by Gasteiger charge is 2.16. The van der Waals surface area contributed by atoms with E-state index in [0.29, 0.717) is 22.6 Å². The van der Waals surface area contributed by atoms with E-state index in [1.54, 1.807) is 72.8 Å². The van der Waals surface area contributed by atoms with Gasteiger partial charge < -0.3 is 9.47 Å². The summed E-state index contributed by atoms with van der Waals surface area (Å²) in [4.78, 5) is 13.0. The highest BCUT2D eigenvalue weighted by atomic mass is 32.2. The van der Waals surface area contributed by atoms with Gasteiger partial charge in [0.1, 0.15) is 37.9 Å². The van der Waals surface area contributed by atoms with Crippen LogP contribution in [0, 0.1) is 13.8 Å². The van der Waals surface area contributed by atoms with Crippen molar-refractivity contribution in [2.75, 3.05) is 26.4 Å². The van der Waals surface area contributed by atoms with Gasteiger partial charge in [-0.3, -0.25) is 13.2 Å². The molecule has 0 unspecified atom stereocenters. The predicted octanol–water partition coefficient (Wildman–Crippen LogP) is 5.10. The molecule has 4 aromatic rings. The van der Waals surface area contributed by atoms with E-state index >= 15 is 0 Å². The van der Waals surface area contributed by atoms with Crippen LogP contribution in [0.15, 0.2) is 107 Å². The maximum Gasteiger partial charge on any atom is 0.297 e. The number of hydrogen-bond donors (Lipinski definition) is 0. The van der Waals surface area contributed by atoms with Gasteiger partial charge in [0.05, 0.1) is 9.79 Å². The van der Waals surface area contributed by atoms with Crippen molar-refractivity contribution < 1.29 is 39.5 Å². The predicted molar refractivity (Wildman–Crippen MR) is 156 cm³/mol. The Bertz CT molecular complexity index is 1570. The van der Waals surface area contributed by atoms with Crippen LogP contribution in [0.4, 0.5) is 0 Å². The van der Waals surface area contributed by atoms with E-state index in [0.717, 1.165) is 11.1 Å². The Morgan fingerprint density at radius 2 is 0.833 bits per heavy atom. The zero-order valence-electron chi connectivity index (χ0n) is 23.1. The molecule has 0 aliphatic heterocycles. The molecule has 0 aromatic heterocycles. The van der Waals surface area contributed by atoms with E-state index in [1.807, 2.05) is 13.8 Å². The Kier molecular flexibility index (Phi) is 10.1. The molecule has 4 aromatic carbocycles. The van der Waals surface area contributed by atoms with Crippen molar-refractivity contribution in [1.82, 2.24) is 0 Å². The van der Waals surface area contributed by atoms with Crippen LogP contribution in [0.3, 0.4) is 0 Å². The summed E-state index contributed by atoms with van der Waals surface area (Å²) in [7, 11) is -7.74. The van der Waals surface area contributed by atoms with Gasteiger partial charge in [0.15, 0.2) is 5.78 Å². The average Bonchev–Trinajstić information content (AvgIpc) is 2.98. The SMILES string of the molecule is Cc1ccc(S(=O)(=O)OCCOc2ccc(C(=O)c3ccc(OCCOS(=O)(=O)c4ccc(C)cc4)cc3)cc2)cc1. The fourth-order valence-corrected chi connectivity index (χ4v) is 5.51. The lowest BCUT2D eigenvalue weighted by molar-refractivity contribution is 0.103. The van der Waals surface area contributed by atoms with Crippen molar-refractivity contribution in [2.24, 2.45) is 0 Å². The van der Waals surface area contributed by atoms with E-state index < -0.39 is 20.2 Å². The molecule has 0 aliphatic rings. The highest BCUT2D eigenvalue weighted by molar-refractivity contribution is 7.87. The van der Waals surface area contributed by atoms with E-state index in [9.17, 15) is 21.6 Å². The fraction of sp³-hybridized carbons (Fsp3) is 0.194. The van der Waals surface area contributed by atoms with Crippen molar-refractivity contribution in [3.8, 4) is 11.5 Å². The minimum absolute atomic E-state index is 0.00275. The van der Waals surface area contributed by atoms with Crippen LogP contribution in [0.1, 0.15) is 27.0 Å². The third-order valence-electron chi connectivity index (χ3n) is 6.03. The minimum Gasteiger partial charge on any atom is -0.491 e. The first-order chi connectivity index (χ1) is 20.0. The van der Waals surface area contributed by atoms with Gasteiger partial charge in [-0.25, -0.2) is 0 Å². The number of ether oxygens (including phenoxy) is 2. The van der Waals surface area contributed by atoms with Gasteiger partial charge in [-0.15, -0.1) is 0 Å². The van der Waals surface area contributed by atoms with Crippen molar-refractivity contribution in [2.45, 2.75) is 23.6 Å². The number of hydrogen-bond acceptors (Lipinski definition) is 9. The molecule has 0 atom stereocenters. The Labute approximate surface area is 245 Å². The molecule has 11 heteroatoms. The molecule has 0 spiro atoms. The summed E-state index contributed by atoms with van der Waals surface area (Å²) in [6.07, 6.45) is 0. The number of benzene rings is 4. The van der Waals surface area contributed by atoms with E-state index in [2.05, 4.69) is 0 Å². The summed E-state index contributed by atoms with van der Waals surface area (Å²) in [5, 5.41) is 0. The van der Waals surface area contributed by atoms with Gasteiger partial charge >= 0.3 is 0 Å². The monoisotopic (exact) mass is 610 g/mol. The molecular formula is C31H30O9S2. The molecule has 42 heavy (non-hydrogen) atoms. The van der Waals surface area contributed by atoms with Gasteiger partial charge in [0.2, 0.25) is 0 Å². The molecule has 0 aliphatic carbocycles. The van der Waals surface area contributed by atoms with Gasteiger partial charge in [-0.05, 0) is 86.6 Å². The molecule has 9 nitrogen and oxygen atoms in total. The van der Waals surface area contributed by atoms with Crippen LogP contribution < -0.4 is 9.47 Å². The lowest BCUT2D eigenvalue weighted by Gasteiger charge is -2.09. The third-order valence-corrected chi connectivity index (χ3v) is 8.69. The Morgan fingerprint density at radius 1 is 0.500 bits per heavy atom. The largest absolute Gasteiger partial charge is 0.491 e. The zero-order valence-corrected chi connectivity index (χ0v) is 24.7. The number of carbonyl (C=O) groups excluding carboxylic acids is 1. The zero-order chi connectivity index (χ0) is 30.2. The molecule has 0 N–H and O–H groups in total. The molecule has 0 saturated carbocycles. The van der Waals surface area contributed by atoms with Crippen molar-refractivity contribution in [3.63, 3.8) is 0 Å². The Morgan fingerprint density at radius 3 is 1.17 bits per heavy atom. The molecule has 0 fully saturated rings. The minimum atomic E-state index is -3.87. The van der Waals surface area contributed by atoms with Gasteiger partial charge in [0, 0.05) is 11.1 Å². The molecule has 0 radical (unpaired) electrons. The number of ketones is 1. The molecule has 220 valence electrons. The first kappa shape index (κ1) is 30.9. The number of rotatable bonds is 14. The standard InChI is InChI=1S/C31H30O9S2/c1-23-3-15-29(16-4-23)41(33,34)39-21-19-37-27-11-7-25(8-12-27)31(32)26-9-13-28(14-10-26)38-20-22-40-42(35,36)30-17-5-24(2)6-18-30/h3-18H,19-22H2,1-2H3. The average molecular weight is 611 g/mol. The van der Waals surface area contributed by atoms with Crippen LogP contribution in [-0.4, -0.2) is 49.0 Å². The van der Waals surface area contributed by atoms with E-state index in [4.69, 9.17) is 17.8 Å². The summed E-state index contributed by atoms with van der Waals surface area (Å²) in [6, 6.07) is 25.6. The molecular weight excluding hydrogens is 580 g/mol. The highest BCUT2D eigenvalue weighted by Crippen LogP contribution is 2.19. The second-order valence-corrected chi connectivity index (χ2v) is 12.5. The third kappa shape index (κ3) is 8.49. The summed E-state index contributed by atoms with van der Waals surface area (Å²) in [5.74, 6) is 0.699. The van der Waals surface area contributed by atoms with Crippen LogP contribution >= 0.6 is 0 Å². The lowest BCUT2D eigenvalue weighted by Crippen LogP contribution is -2.13. The molecule has 0 heterocycles. The topological polar surface area (TPSA) is 122 Å². The van der Waals surface area contributed by atoms with Crippen molar-refractivity contribution in [3.05, 3.63) is 119 Å². The Balaban J connectivity index is 1.21. The van der Waals surface area contributed by atoms with Gasteiger partial charge in [0.25, 0.3) is 20.2 Å². The van der Waals surface area contributed by atoms with Gasteiger partial charge in [-0.2, -0.15) is 16.8 Å². The maximum absolute atomic E-state index is 12.9. The van der Waals surface area contributed by atoms with E-state index in [1.165, 1.54) is 24.3 Å². The fourth-order valence-electron chi connectivity index (χ4n) is 3.72. The summed E-state index contributed by atoms with van der Waals surface area (Å²) < 4.78 is 70.1. The van der Waals surface area contributed by atoms with Crippen LogP contribution in [0.2, 0.25) is 0 Å². The molecule has 0 amide bonds. The second-order valence-electron chi connectivity index (χ2n) is 9.25. The first-order valence-corrected chi connectivity index (χ1v) is 15.8. The number of carbonyl (C=O) groups is 1. The van der Waals surface area contributed by atoms with Gasteiger partial charge in [-0.1, -0.05) is 35.4 Å². The molecule has 4 rings (SSSR count). The van der Waals surface area contributed by atoms with Crippen LogP contribution in [0.5, 0.6) is 11.5 Å². The van der Waals surface area contributed by atoms with Crippen LogP contribution in [-0.2, 0) is 28.6 Å². The first-order valence-electron chi connectivity index (χ1n) is 13.0.